The van der Waals surface area contributed by atoms with E-state index in [9.17, 15) is 10.1 Å². The zero-order valence-electron chi connectivity index (χ0n) is 12.5. The Kier molecular flexibility index (Phi) is 4.08. The van der Waals surface area contributed by atoms with Crippen LogP contribution in [0.15, 0.2) is 42.7 Å². The third-order valence-corrected chi connectivity index (χ3v) is 4.53. The molecule has 122 valence electrons. The fourth-order valence-corrected chi connectivity index (χ4v) is 3.38. The van der Waals surface area contributed by atoms with Crippen molar-refractivity contribution in [1.29, 1.82) is 0 Å². The van der Waals surface area contributed by atoms with Gasteiger partial charge in [-0.15, -0.1) is 12.4 Å². The Labute approximate surface area is 146 Å². The average Bonchev–Trinajstić information content (AvgIpc) is 3.11. The molecule has 0 saturated carbocycles. The summed E-state index contributed by atoms with van der Waals surface area (Å²) in [6.45, 7) is 0. The molecule has 0 atom stereocenters. The van der Waals surface area contributed by atoms with Gasteiger partial charge in [-0.1, -0.05) is 23.5 Å². The van der Waals surface area contributed by atoms with Gasteiger partial charge in [-0.3, -0.25) is 10.1 Å². The molecule has 9 heteroatoms. The molecule has 2 aromatic heterocycles. The molecular formula is C15H12ClN5O2S. The fourth-order valence-electron chi connectivity index (χ4n) is 2.50. The molecule has 0 amide bonds. The number of fused-ring (bicyclic) bond motifs is 3. The molecule has 0 fully saturated rings. The molecule has 24 heavy (non-hydrogen) atoms. The zero-order valence-corrected chi connectivity index (χ0v) is 14.1. The van der Waals surface area contributed by atoms with Crippen molar-refractivity contribution in [3.8, 4) is 0 Å². The first kappa shape index (κ1) is 16.2. The third-order valence-electron chi connectivity index (χ3n) is 3.60. The van der Waals surface area contributed by atoms with Crippen LogP contribution in [0.3, 0.4) is 0 Å². The highest BCUT2D eigenvalue weighted by Gasteiger charge is 2.15. The number of aromatic nitrogens is 3. The second-order valence-corrected chi connectivity index (χ2v) is 6.08. The summed E-state index contributed by atoms with van der Waals surface area (Å²) in [5.74, 6) is 0. The second kappa shape index (κ2) is 6.06. The van der Waals surface area contributed by atoms with Gasteiger partial charge >= 0.3 is 0 Å². The molecule has 2 heterocycles. The number of hydrogen-bond acceptors (Lipinski definition) is 6. The third kappa shape index (κ3) is 2.55. The number of rotatable bonds is 3. The van der Waals surface area contributed by atoms with Gasteiger partial charge in [0.05, 0.1) is 21.5 Å². The quantitative estimate of drug-likeness (QED) is 0.435. The number of nitrogens with one attached hydrogen (secondary N) is 1. The number of anilines is 2. The summed E-state index contributed by atoms with van der Waals surface area (Å²) in [5, 5.41) is 14.7. The fraction of sp³-hybridized carbons (Fsp3) is 0.0667. The maximum atomic E-state index is 11.1. The van der Waals surface area contributed by atoms with Crippen molar-refractivity contribution >= 4 is 61.5 Å². The Morgan fingerprint density at radius 2 is 2.00 bits per heavy atom. The summed E-state index contributed by atoms with van der Waals surface area (Å²) in [4.78, 5) is 19.6. The Morgan fingerprint density at radius 3 is 2.79 bits per heavy atom. The van der Waals surface area contributed by atoms with Gasteiger partial charge in [-0.25, -0.2) is 9.97 Å². The van der Waals surface area contributed by atoms with Gasteiger partial charge in [0.15, 0.2) is 5.13 Å². The Hall–Kier alpha value is -2.71. The standard InChI is InChI=1S/C15H11N5O2S.ClH/c1-19-8-16-13-11(19)6-7-12-14(13)18-15(23-12)17-9-4-2-3-5-10(9)20(21)22;/h2-8H,1H3,(H,17,18);1H. The maximum absolute atomic E-state index is 11.1. The molecular weight excluding hydrogens is 350 g/mol. The predicted molar refractivity (Wildman–Crippen MR) is 97.5 cm³/mol. The van der Waals surface area contributed by atoms with E-state index in [-0.39, 0.29) is 18.1 Å². The van der Waals surface area contributed by atoms with E-state index in [0.29, 0.717) is 10.8 Å². The first-order valence-corrected chi connectivity index (χ1v) is 7.66. The second-order valence-electron chi connectivity index (χ2n) is 5.05. The number of para-hydroxylation sites is 2. The molecule has 4 aromatic rings. The van der Waals surface area contributed by atoms with Crippen LogP contribution < -0.4 is 5.32 Å². The summed E-state index contributed by atoms with van der Waals surface area (Å²) in [6, 6.07) is 10.5. The van der Waals surface area contributed by atoms with Crippen LogP contribution in [0, 0.1) is 10.1 Å². The molecule has 0 aliphatic rings. The van der Waals surface area contributed by atoms with Crippen LogP contribution in [0.1, 0.15) is 0 Å². The molecule has 0 spiro atoms. The van der Waals surface area contributed by atoms with E-state index >= 15 is 0 Å². The van der Waals surface area contributed by atoms with Gasteiger partial charge in [-0.05, 0) is 18.2 Å². The highest BCUT2D eigenvalue weighted by Crippen LogP contribution is 2.34. The van der Waals surface area contributed by atoms with Crippen molar-refractivity contribution < 1.29 is 4.92 Å². The minimum atomic E-state index is -0.410. The summed E-state index contributed by atoms with van der Waals surface area (Å²) in [6.07, 6.45) is 1.75. The topological polar surface area (TPSA) is 85.9 Å². The number of halogens is 1. The number of aryl methyl sites for hydroxylation is 1. The van der Waals surface area contributed by atoms with E-state index in [1.54, 1.807) is 24.5 Å². The number of thiazole rings is 1. The molecule has 0 aliphatic carbocycles. The molecule has 7 nitrogen and oxygen atoms in total. The van der Waals surface area contributed by atoms with Gasteiger partial charge in [0.1, 0.15) is 16.7 Å². The van der Waals surface area contributed by atoms with E-state index < -0.39 is 4.92 Å². The van der Waals surface area contributed by atoms with E-state index in [2.05, 4.69) is 15.3 Å². The molecule has 0 bridgehead atoms. The van der Waals surface area contributed by atoms with Crippen molar-refractivity contribution in [2.24, 2.45) is 7.05 Å². The number of benzene rings is 2. The van der Waals surface area contributed by atoms with Crippen LogP contribution in [-0.4, -0.2) is 19.5 Å². The van der Waals surface area contributed by atoms with Gasteiger partial charge in [0, 0.05) is 13.1 Å². The Balaban J connectivity index is 0.00000169. The highest BCUT2D eigenvalue weighted by atomic mass is 35.5. The molecule has 0 unspecified atom stereocenters. The monoisotopic (exact) mass is 361 g/mol. The number of hydrogen-bond donors (Lipinski definition) is 1. The Morgan fingerprint density at radius 1 is 1.21 bits per heavy atom. The van der Waals surface area contributed by atoms with Crippen LogP contribution in [-0.2, 0) is 7.05 Å². The van der Waals surface area contributed by atoms with Crippen LogP contribution >= 0.6 is 23.7 Å². The minimum Gasteiger partial charge on any atom is -0.334 e. The SMILES string of the molecule is Cl.Cn1cnc2c3nc(Nc4ccccc4[N+](=O)[O-])sc3ccc21. The van der Waals surface area contributed by atoms with Crippen LogP contribution in [0.5, 0.6) is 0 Å². The van der Waals surface area contributed by atoms with Gasteiger partial charge in [-0.2, -0.15) is 0 Å². The van der Waals surface area contributed by atoms with E-state index in [1.165, 1.54) is 17.4 Å². The lowest BCUT2D eigenvalue weighted by molar-refractivity contribution is -0.383. The lowest BCUT2D eigenvalue weighted by Crippen LogP contribution is -1.96. The van der Waals surface area contributed by atoms with Crippen molar-refractivity contribution in [2.75, 3.05) is 5.32 Å². The minimum absolute atomic E-state index is 0. The van der Waals surface area contributed by atoms with Crippen LogP contribution in [0.2, 0.25) is 0 Å². The van der Waals surface area contributed by atoms with Crippen LogP contribution in [0.25, 0.3) is 21.3 Å². The first-order chi connectivity index (χ1) is 11.1. The van der Waals surface area contributed by atoms with Crippen molar-refractivity contribution in [2.45, 2.75) is 0 Å². The number of nitrogens with zero attached hydrogens (tertiary/aromatic N) is 4. The summed E-state index contributed by atoms with van der Waals surface area (Å²) in [5.41, 5.74) is 3.08. The average molecular weight is 362 g/mol. The molecule has 1 N–H and O–H groups in total. The van der Waals surface area contributed by atoms with E-state index in [4.69, 9.17) is 0 Å². The molecule has 4 rings (SSSR count). The van der Waals surface area contributed by atoms with Crippen molar-refractivity contribution in [1.82, 2.24) is 14.5 Å². The first-order valence-electron chi connectivity index (χ1n) is 6.84. The van der Waals surface area contributed by atoms with Gasteiger partial charge in [0.2, 0.25) is 0 Å². The Bertz CT molecular complexity index is 1060. The predicted octanol–water partition coefficient (Wildman–Crippen LogP) is 4.26. The van der Waals surface area contributed by atoms with Crippen molar-refractivity contribution in [3.05, 3.63) is 52.8 Å². The normalized spacial score (nSPS) is 10.7. The van der Waals surface area contributed by atoms with Crippen molar-refractivity contribution in [3.63, 3.8) is 0 Å². The lowest BCUT2D eigenvalue weighted by Gasteiger charge is -2.02. The molecule has 0 radical (unpaired) electrons. The van der Waals surface area contributed by atoms with E-state index in [1.807, 2.05) is 23.7 Å². The highest BCUT2D eigenvalue weighted by molar-refractivity contribution is 7.22. The summed E-state index contributed by atoms with van der Waals surface area (Å²) < 4.78 is 2.92. The van der Waals surface area contributed by atoms with Crippen LogP contribution in [0.4, 0.5) is 16.5 Å². The molecule has 2 aromatic carbocycles. The van der Waals surface area contributed by atoms with Gasteiger partial charge in [0.25, 0.3) is 5.69 Å². The number of imidazole rings is 1. The number of nitro benzene ring substituents is 1. The van der Waals surface area contributed by atoms with E-state index in [0.717, 1.165) is 21.3 Å². The lowest BCUT2D eigenvalue weighted by atomic mass is 10.3. The smallest absolute Gasteiger partial charge is 0.292 e. The molecule has 0 saturated heterocycles. The summed E-state index contributed by atoms with van der Waals surface area (Å²) in [7, 11) is 1.93. The largest absolute Gasteiger partial charge is 0.334 e. The number of nitro groups is 1. The molecule has 0 aliphatic heterocycles. The maximum Gasteiger partial charge on any atom is 0.292 e. The zero-order chi connectivity index (χ0) is 16.0. The summed E-state index contributed by atoms with van der Waals surface area (Å²) >= 11 is 1.44. The van der Waals surface area contributed by atoms with Gasteiger partial charge < -0.3 is 9.88 Å².